The van der Waals surface area contributed by atoms with E-state index in [2.05, 4.69) is 5.32 Å². The number of ether oxygens (including phenoxy) is 3. The molecular weight excluding hydrogens is 455 g/mol. The number of nitrogens with zero attached hydrogens (tertiary/aromatic N) is 1. The first-order valence-corrected chi connectivity index (χ1v) is 11.1. The number of morpholine rings is 1. The Labute approximate surface area is 184 Å². The van der Waals surface area contributed by atoms with E-state index < -0.39 is 15.9 Å². The maximum atomic E-state index is 13.0. The first-order valence-electron chi connectivity index (χ1n) is 8.88. The lowest BCUT2D eigenvalue weighted by Crippen LogP contribution is -2.40. The van der Waals surface area contributed by atoms with Crippen LogP contribution in [0.25, 0.3) is 0 Å². The lowest BCUT2D eigenvalue weighted by atomic mass is 10.2. The van der Waals surface area contributed by atoms with E-state index in [1.54, 1.807) is 0 Å². The molecule has 1 amide bonds. The third-order valence-electron chi connectivity index (χ3n) is 4.50. The molecule has 1 aliphatic heterocycles. The molecule has 30 heavy (non-hydrogen) atoms. The molecule has 2 aromatic rings. The molecule has 2 aromatic carbocycles. The summed E-state index contributed by atoms with van der Waals surface area (Å²) in [5.41, 5.74) is 0.418. The standard InChI is InChI=1S/C19H20Cl2N2O6S/c1-27-16-11-17(28-2)15(10-14(16)21)22-19(24)12-3-4-13(20)18(9-12)30(25,26)23-5-7-29-8-6-23/h3-4,9-11H,5-8H2,1-2H3,(H,22,24). The van der Waals surface area contributed by atoms with Crippen molar-refractivity contribution in [1.29, 1.82) is 0 Å². The highest BCUT2D eigenvalue weighted by Crippen LogP contribution is 2.36. The Morgan fingerprint density at radius 1 is 1.03 bits per heavy atom. The number of carbonyl (C=O) groups excluding carboxylic acids is 1. The van der Waals surface area contributed by atoms with E-state index in [4.69, 9.17) is 37.4 Å². The molecule has 1 heterocycles. The van der Waals surface area contributed by atoms with E-state index in [1.165, 1.54) is 48.9 Å². The Kier molecular flexibility index (Phi) is 7.10. The van der Waals surface area contributed by atoms with Gasteiger partial charge < -0.3 is 19.5 Å². The number of hydrogen-bond donors (Lipinski definition) is 1. The van der Waals surface area contributed by atoms with Crippen molar-refractivity contribution in [3.8, 4) is 11.5 Å². The van der Waals surface area contributed by atoms with Crippen LogP contribution in [0.15, 0.2) is 35.2 Å². The number of methoxy groups -OCH3 is 2. The lowest BCUT2D eigenvalue weighted by molar-refractivity contribution is 0.0730. The van der Waals surface area contributed by atoms with Crippen LogP contribution >= 0.6 is 23.2 Å². The predicted molar refractivity (Wildman–Crippen MR) is 114 cm³/mol. The van der Waals surface area contributed by atoms with Gasteiger partial charge in [-0.05, 0) is 24.3 Å². The number of rotatable bonds is 6. The van der Waals surface area contributed by atoms with Gasteiger partial charge in [0.2, 0.25) is 10.0 Å². The minimum atomic E-state index is -3.87. The van der Waals surface area contributed by atoms with Crippen LogP contribution in [0.2, 0.25) is 10.0 Å². The quantitative estimate of drug-likeness (QED) is 0.690. The summed E-state index contributed by atoms with van der Waals surface area (Å²) >= 11 is 12.3. The van der Waals surface area contributed by atoms with Crippen molar-refractivity contribution in [2.45, 2.75) is 4.90 Å². The van der Waals surface area contributed by atoms with Crippen molar-refractivity contribution < 1.29 is 27.4 Å². The highest BCUT2D eigenvalue weighted by Gasteiger charge is 2.29. The molecule has 0 saturated carbocycles. The zero-order valence-corrected chi connectivity index (χ0v) is 18.6. The van der Waals surface area contributed by atoms with Gasteiger partial charge in [-0.1, -0.05) is 23.2 Å². The van der Waals surface area contributed by atoms with Crippen molar-refractivity contribution in [1.82, 2.24) is 4.31 Å². The number of anilines is 1. The summed E-state index contributed by atoms with van der Waals surface area (Å²) in [6.07, 6.45) is 0. The van der Waals surface area contributed by atoms with Crippen LogP contribution < -0.4 is 14.8 Å². The fraction of sp³-hybridized carbons (Fsp3) is 0.316. The van der Waals surface area contributed by atoms with Crippen molar-refractivity contribution in [3.63, 3.8) is 0 Å². The number of sulfonamides is 1. The van der Waals surface area contributed by atoms with Crippen molar-refractivity contribution in [2.24, 2.45) is 0 Å². The molecule has 1 aliphatic rings. The van der Waals surface area contributed by atoms with Gasteiger partial charge in [0.25, 0.3) is 5.91 Å². The van der Waals surface area contributed by atoms with Gasteiger partial charge in [-0.25, -0.2) is 8.42 Å². The second-order valence-electron chi connectivity index (χ2n) is 6.30. The molecule has 0 atom stereocenters. The second-order valence-corrected chi connectivity index (χ2v) is 9.02. The maximum Gasteiger partial charge on any atom is 0.255 e. The monoisotopic (exact) mass is 474 g/mol. The molecule has 3 rings (SSSR count). The molecule has 1 fully saturated rings. The highest BCUT2D eigenvalue weighted by molar-refractivity contribution is 7.89. The summed E-state index contributed by atoms with van der Waals surface area (Å²) in [5, 5.41) is 2.98. The number of hydrogen-bond acceptors (Lipinski definition) is 6. The molecule has 162 valence electrons. The van der Waals surface area contributed by atoms with Crippen LogP contribution in [-0.2, 0) is 14.8 Å². The number of carbonyl (C=O) groups is 1. The Bertz CT molecular complexity index is 1060. The molecule has 0 bridgehead atoms. The van der Waals surface area contributed by atoms with Gasteiger partial charge in [0.05, 0.1) is 43.2 Å². The van der Waals surface area contributed by atoms with Gasteiger partial charge >= 0.3 is 0 Å². The minimum Gasteiger partial charge on any atom is -0.495 e. The third-order valence-corrected chi connectivity index (χ3v) is 7.18. The third kappa shape index (κ3) is 4.65. The van der Waals surface area contributed by atoms with Crippen molar-refractivity contribution in [2.75, 3.05) is 45.8 Å². The van der Waals surface area contributed by atoms with Gasteiger partial charge in [0.15, 0.2) is 0 Å². The van der Waals surface area contributed by atoms with Gasteiger partial charge in [-0.15, -0.1) is 0 Å². The minimum absolute atomic E-state index is 0.0307. The van der Waals surface area contributed by atoms with Crippen molar-refractivity contribution >= 4 is 44.8 Å². The summed E-state index contributed by atoms with van der Waals surface area (Å²) in [6.45, 7) is 1.04. The van der Waals surface area contributed by atoms with Crippen LogP contribution in [0.4, 0.5) is 5.69 Å². The van der Waals surface area contributed by atoms with E-state index >= 15 is 0 Å². The Morgan fingerprint density at radius 2 is 1.70 bits per heavy atom. The molecule has 0 aromatic heterocycles. The van der Waals surface area contributed by atoms with Crippen LogP contribution in [0.3, 0.4) is 0 Å². The van der Waals surface area contributed by atoms with Crippen molar-refractivity contribution in [3.05, 3.63) is 45.9 Å². The largest absolute Gasteiger partial charge is 0.495 e. The van der Waals surface area contributed by atoms with Crippen LogP contribution in [-0.4, -0.2) is 59.2 Å². The fourth-order valence-electron chi connectivity index (χ4n) is 2.92. The molecule has 0 unspecified atom stereocenters. The van der Waals surface area contributed by atoms with Gasteiger partial charge in [0.1, 0.15) is 16.4 Å². The molecule has 0 aliphatic carbocycles. The maximum absolute atomic E-state index is 13.0. The Hall–Kier alpha value is -2.04. The first-order chi connectivity index (χ1) is 14.3. The van der Waals surface area contributed by atoms with E-state index in [0.717, 1.165) is 0 Å². The number of nitrogens with one attached hydrogen (secondary N) is 1. The predicted octanol–water partition coefficient (Wildman–Crippen LogP) is 3.28. The summed E-state index contributed by atoms with van der Waals surface area (Å²) in [6, 6.07) is 7.09. The normalized spacial score (nSPS) is 14.9. The molecule has 8 nitrogen and oxygen atoms in total. The SMILES string of the molecule is COc1cc(OC)c(NC(=O)c2ccc(Cl)c(S(=O)(=O)N3CCOCC3)c2)cc1Cl. The number of amides is 1. The highest BCUT2D eigenvalue weighted by atomic mass is 35.5. The van der Waals surface area contributed by atoms with Crippen LogP contribution in [0.5, 0.6) is 11.5 Å². The molecular formula is C19H20Cl2N2O6S. The zero-order chi connectivity index (χ0) is 21.9. The average molecular weight is 475 g/mol. The topological polar surface area (TPSA) is 94.2 Å². The van der Waals surface area contributed by atoms with Crippen LogP contribution in [0, 0.1) is 0 Å². The summed E-state index contributed by atoms with van der Waals surface area (Å²) in [5.74, 6) is 0.168. The average Bonchev–Trinajstić information content (AvgIpc) is 2.74. The molecule has 0 radical (unpaired) electrons. The molecule has 1 N–H and O–H groups in total. The van der Waals surface area contributed by atoms with E-state index in [-0.39, 0.29) is 33.6 Å². The first kappa shape index (κ1) is 22.6. The summed E-state index contributed by atoms with van der Waals surface area (Å²) in [4.78, 5) is 12.7. The summed E-state index contributed by atoms with van der Waals surface area (Å²) in [7, 11) is -0.972. The Balaban J connectivity index is 1.91. The molecule has 0 spiro atoms. The molecule has 1 saturated heterocycles. The smallest absolute Gasteiger partial charge is 0.255 e. The van der Waals surface area contributed by atoms with E-state index in [0.29, 0.717) is 30.4 Å². The van der Waals surface area contributed by atoms with E-state index in [1.807, 2.05) is 0 Å². The lowest BCUT2D eigenvalue weighted by Gasteiger charge is -2.26. The van der Waals surface area contributed by atoms with Gasteiger partial charge in [0, 0.05) is 24.7 Å². The number of benzene rings is 2. The number of halogens is 2. The Morgan fingerprint density at radius 3 is 2.33 bits per heavy atom. The fourth-order valence-corrected chi connectivity index (χ4v) is 5.07. The molecule has 11 heteroatoms. The van der Waals surface area contributed by atoms with Crippen LogP contribution in [0.1, 0.15) is 10.4 Å². The van der Waals surface area contributed by atoms with E-state index in [9.17, 15) is 13.2 Å². The van der Waals surface area contributed by atoms with Gasteiger partial charge in [-0.3, -0.25) is 4.79 Å². The zero-order valence-electron chi connectivity index (χ0n) is 16.3. The second kappa shape index (κ2) is 9.40. The van der Waals surface area contributed by atoms with Gasteiger partial charge in [-0.2, -0.15) is 4.31 Å². The summed E-state index contributed by atoms with van der Waals surface area (Å²) < 4.78 is 42.8.